The zero-order chi connectivity index (χ0) is 11.0. The largest absolute Gasteiger partial charge is 0.396 e. The summed E-state index contributed by atoms with van der Waals surface area (Å²) in [6.45, 7) is 1.86. The zero-order valence-electron chi connectivity index (χ0n) is 8.31. The molecule has 0 fully saturated rings. The van der Waals surface area contributed by atoms with E-state index in [2.05, 4.69) is 15.1 Å². The highest BCUT2D eigenvalue weighted by Crippen LogP contribution is 2.22. The third-order valence-corrected chi connectivity index (χ3v) is 2.31. The molecule has 0 bridgehead atoms. The predicted molar refractivity (Wildman–Crippen MR) is 55.6 cm³/mol. The molecule has 0 saturated carbocycles. The maximum atomic E-state index is 5.80. The van der Waals surface area contributed by atoms with E-state index in [1.165, 1.54) is 10.7 Å². The zero-order valence-corrected chi connectivity index (χ0v) is 9.06. The molecule has 0 aliphatic rings. The third-order valence-electron chi connectivity index (χ3n) is 2.15. The average Bonchev–Trinajstić information content (AvgIpc) is 2.57. The predicted octanol–water partition coefficient (Wildman–Crippen LogP) is 1.07. The number of nitrogens with zero attached hydrogens (tertiary/aromatic N) is 4. The topological polar surface area (TPSA) is 78.3 Å². The second-order valence-electron chi connectivity index (χ2n) is 3.07. The van der Waals surface area contributed by atoms with Crippen LogP contribution in [0.3, 0.4) is 0 Å². The molecular weight excluding hydrogens is 218 g/mol. The lowest BCUT2D eigenvalue weighted by atomic mass is 10.2. The molecule has 6 nitrogen and oxygen atoms in total. The number of aromatic nitrogens is 4. The van der Waals surface area contributed by atoms with Crippen LogP contribution in [0.15, 0.2) is 6.20 Å². The number of methoxy groups -OCH3 is 1. The van der Waals surface area contributed by atoms with Gasteiger partial charge in [-0.2, -0.15) is 9.50 Å². The molecule has 2 aromatic heterocycles. The van der Waals surface area contributed by atoms with E-state index in [-0.39, 0.29) is 11.4 Å². The van der Waals surface area contributed by atoms with Gasteiger partial charge >= 0.3 is 0 Å². The van der Waals surface area contributed by atoms with Gasteiger partial charge in [-0.25, -0.2) is 4.98 Å². The van der Waals surface area contributed by atoms with Gasteiger partial charge in [0.15, 0.2) is 0 Å². The van der Waals surface area contributed by atoms with E-state index in [9.17, 15) is 0 Å². The monoisotopic (exact) mass is 227 g/mol. The molecule has 2 rings (SSSR count). The Labute approximate surface area is 91.0 Å². The number of nitrogens with two attached hydrogens (primary N) is 1. The maximum Gasteiger partial charge on any atom is 0.253 e. The quantitative estimate of drug-likeness (QED) is 0.830. The van der Waals surface area contributed by atoms with E-state index >= 15 is 0 Å². The number of nitrogen functional groups attached to an aromatic ring is 1. The van der Waals surface area contributed by atoms with Gasteiger partial charge < -0.3 is 10.5 Å². The lowest BCUT2D eigenvalue weighted by Gasteiger charge is -2.12. The van der Waals surface area contributed by atoms with Crippen molar-refractivity contribution in [2.24, 2.45) is 0 Å². The van der Waals surface area contributed by atoms with Crippen molar-refractivity contribution in [2.75, 3.05) is 12.8 Å². The van der Waals surface area contributed by atoms with Crippen LogP contribution in [0.5, 0.6) is 0 Å². The first kappa shape index (κ1) is 10.1. The van der Waals surface area contributed by atoms with E-state index in [1.807, 2.05) is 6.92 Å². The maximum absolute atomic E-state index is 5.80. The van der Waals surface area contributed by atoms with Crippen molar-refractivity contribution >= 4 is 23.1 Å². The summed E-state index contributed by atoms with van der Waals surface area (Å²) < 4.78 is 6.69. The fourth-order valence-electron chi connectivity index (χ4n) is 1.36. The SMILES string of the molecule is CO[C@@H](C)c1c(N)cnc2nc(Cl)nn12. The van der Waals surface area contributed by atoms with Crippen molar-refractivity contribution in [3.8, 4) is 0 Å². The van der Waals surface area contributed by atoms with Crippen LogP contribution in [0.1, 0.15) is 18.7 Å². The van der Waals surface area contributed by atoms with Gasteiger partial charge in [0.1, 0.15) is 0 Å². The summed E-state index contributed by atoms with van der Waals surface area (Å²) in [6.07, 6.45) is 1.32. The van der Waals surface area contributed by atoms with Gasteiger partial charge in [0.25, 0.3) is 5.78 Å². The Morgan fingerprint density at radius 2 is 2.33 bits per heavy atom. The van der Waals surface area contributed by atoms with Crippen LogP contribution in [0.4, 0.5) is 5.69 Å². The number of ether oxygens (including phenoxy) is 1. The summed E-state index contributed by atoms with van der Waals surface area (Å²) in [5.74, 6) is 0.410. The highest BCUT2D eigenvalue weighted by atomic mass is 35.5. The van der Waals surface area contributed by atoms with E-state index in [0.29, 0.717) is 17.2 Å². The first-order valence-electron chi connectivity index (χ1n) is 4.33. The Morgan fingerprint density at radius 1 is 1.60 bits per heavy atom. The van der Waals surface area contributed by atoms with Crippen LogP contribution in [0.25, 0.3) is 5.78 Å². The molecule has 0 amide bonds. The van der Waals surface area contributed by atoms with Crippen LogP contribution >= 0.6 is 11.6 Å². The van der Waals surface area contributed by atoms with Crippen molar-refractivity contribution in [1.82, 2.24) is 19.6 Å². The van der Waals surface area contributed by atoms with Crippen LogP contribution in [0, 0.1) is 0 Å². The molecule has 15 heavy (non-hydrogen) atoms. The van der Waals surface area contributed by atoms with Crippen molar-refractivity contribution in [2.45, 2.75) is 13.0 Å². The first-order valence-corrected chi connectivity index (χ1v) is 4.70. The van der Waals surface area contributed by atoms with E-state index in [0.717, 1.165) is 0 Å². The molecule has 0 aliphatic carbocycles. The summed E-state index contributed by atoms with van der Waals surface area (Å²) in [5, 5.41) is 4.13. The molecule has 0 spiro atoms. The molecule has 0 radical (unpaired) electrons. The number of hydrogen-bond donors (Lipinski definition) is 1. The fraction of sp³-hybridized carbons (Fsp3) is 0.375. The summed E-state index contributed by atoms with van der Waals surface area (Å²) in [7, 11) is 1.59. The molecular formula is C8H10ClN5O. The van der Waals surface area contributed by atoms with Crippen molar-refractivity contribution < 1.29 is 4.74 Å². The molecule has 0 aromatic carbocycles. The van der Waals surface area contributed by atoms with E-state index in [4.69, 9.17) is 22.1 Å². The highest BCUT2D eigenvalue weighted by Gasteiger charge is 2.16. The van der Waals surface area contributed by atoms with Crippen LogP contribution in [-0.4, -0.2) is 26.7 Å². The minimum atomic E-state index is -0.201. The van der Waals surface area contributed by atoms with Crippen molar-refractivity contribution in [3.63, 3.8) is 0 Å². The van der Waals surface area contributed by atoms with Crippen molar-refractivity contribution in [3.05, 3.63) is 17.2 Å². The lowest BCUT2D eigenvalue weighted by molar-refractivity contribution is 0.114. The Balaban J connectivity index is 2.73. The van der Waals surface area contributed by atoms with E-state index in [1.54, 1.807) is 7.11 Å². The first-order chi connectivity index (χ1) is 7.13. The van der Waals surface area contributed by atoms with Gasteiger partial charge in [-0.15, -0.1) is 5.10 Å². The Bertz CT molecular complexity index is 497. The number of fused-ring (bicyclic) bond motifs is 1. The lowest BCUT2D eigenvalue weighted by Crippen LogP contribution is -2.10. The molecule has 0 saturated heterocycles. The molecule has 1 atom stereocenters. The molecule has 7 heteroatoms. The van der Waals surface area contributed by atoms with Gasteiger partial charge in [-0.3, -0.25) is 0 Å². The van der Waals surface area contributed by atoms with Gasteiger partial charge in [0, 0.05) is 7.11 Å². The second kappa shape index (κ2) is 3.63. The molecule has 0 unspecified atom stereocenters. The number of hydrogen-bond acceptors (Lipinski definition) is 5. The standard InChI is InChI=1S/C8H10ClN5O/c1-4(15-2)6-5(10)3-11-8-12-7(9)13-14(6)8/h3-4H,10H2,1-2H3/t4-/m0/s1. The Hall–Kier alpha value is -1.40. The van der Waals surface area contributed by atoms with Crippen LogP contribution < -0.4 is 5.73 Å². The van der Waals surface area contributed by atoms with Gasteiger partial charge in [-0.1, -0.05) is 0 Å². The van der Waals surface area contributed by atoms with Crippen molar-refractivity contribution in [1.29, 1.82) is 0 Å². The molecule has 2 aromatic rings. The van der Waals surface area contributed by atoms with Crippen LogP contribution in [0.2, 0.25) is 5.28 Å². The fourth-order valence-corrected chi connectivity index (χ4v) is 1.51. The minimum absolute atomic E-state index is 0.137. The summed E-state index contributed by atoms with van der Waals surface area (Å²) >= 11 is 5.69. The summed E-state index contributed by atoms with van der Waals surface area (Å²) in [5.41, 5.74) is 6.99. The summed E-state index contributed by atoms with van der Waals surface area (Å²) in [6, 6.07) is 0. The number of rotatable bonds is 2. The van der Waals surface area contributed by atoms with Gasteiger partial charge in [0.05, 0.1) is 23.7 Å². The average molecular weight is 228 g/mol. The molecule has 80 valence electrons. The highest BCUT2D eigenvalue weighted by molar-refractivity contribution is 6.28. The molecule has 2 heterocycles. The number of anilines is 1. The molecule has 0 aliphatic heterocycles. The molecule has 2 N–H and O–H groups in total. The van der Waals surface area contributed by atoms with Gasteiger partial charge in [0.2, 0.25) is 5.28 Å². The second-order valence-corrected chi connectivity index (χ2v) is 3.41. The minimum Gasteiger partial charge on any atom is -0.396 e. The van der Waals surface area contributed by atoms with E-state index < -0.39 is 0 Å². The van der Waals surface area contributed by atoms with Gasteiger partial charge in [-0.05, 0) is 18.5 Å². The normalized spacial score (nSPS) is 13.3. The third kappa shape index (κ3) is 1.62. The smallest absolute Gasteiger partial charge is 0.253 e. The Kier molecular flexibility index (Phi) is 2.45. The Morgan fingerprint density at radius 3 is 3.00 bits per heavy atom. The number of halogens is 1. The summed E-state index contributed by atoms with van der Waals surface area (Å²) in [4.78, 5) is 7.93. The van der Waals surface area contributed by atoms with Crippen LogP contribution in [-0.2, 0) is 4.74 Å².